The van der Waals surface area contributed by atoms with E-state index in [1.54, 1.807) is 0 Å². The summed E-state index contributed by atoms with van der Waals surface area (Å²) in [6.45, 7) is 8.48. The second-order valence-electron chi connectivity index (χ2n) is 5.50. The van der Waals surface area contributed by atoms with Crippen molar-refractivity contribution >= 4 is 19.0 Å². The molecule has 3 heteroatoms. The lowest BCUT2D eigenvalue weighted by molar-refractivity contribution is 1.25. The van der Waals surface area contributed by atoms with Crippen LogP contribution in [0, 0.1) is 18.4 Å². The number of aromatic nitrogens is 1. The van der Waals surface area contributed by atoms with Gasteiger partial charge in [-0.15, -0.1) is 5.54 Å². The van der Waals surface area contributed by atoms with Crippen LogP contribution in [0.15, 0.2) is 29.1 Å². The van der Waals surface area contributed by atoms with Gasteiger partial charge in [-0.05, 0) is 18.6 Å². The number of aryl methyl sites for hydroxylation is 1. The van der Waals surface area contributed by atoms with Crippen molar-refractivity contribution in [1.82, 2.24) is 4.98 Å². The third-order valence-electron chi connectivity index (χ3n) is 2.74. The zero-order valence-electron chi connectivity index (χ0n) is 11.2. The van der Waals surface area contributed by atoms with Crippen molar-refractivity contribution in [3.05, 3.63) is 45.7 Å². The molecule has 2 nitrogen and oxygen atoms in total. The number of hydrogen-bond donors (Lipinski definition) is 1. The molecule has 0 aliphatic carbocycles. The van der Waals surface area contributed by atoms with Gasteiger partial charge in [-0.3, -0.25) is 4.79 Å². The van der Waals surface area contributed by atoms with Crippen molar-refractivity contribution in [2.45, 2.75) is 26.6 Å². The van der Waals surface area contributed by atoms with Crippen LogP contribution in [0.2, 0.25) is 19.6 Å². The first-order valence-electron chi connectivity index (χ1n) is 6.03. The van der Waals surface area contributed by atoms with Crippen LogP contribution in [0.1, 0.15) is 11.1 Å². The van der Waals surface area contributed by atoms with Gasteiger partial charge in [0.15, 0.2) is 0 Å². The van der Waals surface area contributed by atoms with Gasteiger partial charge >= 0.3 is 0 Å². The van der Waals surface area contributed by atoms with Crippen molar-refractivity contribution in [2.24, 2.45) is 0 Å². The van der Waals surface area contributed by atoms with Gasteiger partial charge < -0.3 is 4.98 Å². The molecule has 1 aromatic carbocycles. The molecule has 2 aromatic rings. The van der Waals surface area contributed by atoms with Crippen LogP contribution in [0.25, 0.3) is 10.9 Å². The summed E-state index contributed by atoms with van der Waals surface area (Å²) < 4.78 is 0. The minimum absolute atomic E-state index is 0.0862. The van der Waals surface area contributed by atoms with E-state index in [1.165, 1.54) is 0 Å². The van der Waals surface area contributed by atoms with E-state index in [-0.39, 0.29) is 5.56 Å². The highest BCUT2D eigenvalue weighted by Crippen LogP contribution is 2.16. The Bertz CT molecular complexity index is 711. The van der Waals surface area contributed by atoms with E-state index in [0.29, 0.717) is 5.56 Å². The molecule has 18 heavy (non-hydrogen) atoms. The third kappa shape index (κ3) is 2.54. The molecule has 1 heterocycles. The first-order chi connectivity index (χ1) is 8.38. The second-order valence-corrected chi connectivity index (χ2v) is 10.2. The molecule has 0 amide bonds. The van der Waals surface area contributed by atoms with Crippen molar-refractivity contribution in [2.75, 3.05) is 0 Å². The van der Waals surface area contributed by atoms with E-state index in [9.17, 15) is 4.79 Å². The van der Waals surface area contributed by atoms with Crippen LogP contribution in [0.3, 0.4) is 0 Å². The Morgan fingerprint density at radius 2 is 1.83 bits per heavy atom. The van der Waals surface area contributed by atoms with Crippen LogP contribution in [-0.2, 0) is 0 Å². The van der Waals surface area contributed by atoms with Gasteiger partial charge in [0.1, 0.15) is 8.07 Å². The number of pyridine rings is 1. The highest BCUT2D eigenvalue weighted by atomic mass is 28.3. The zero-order chi connectivity index (χ0) is 13.3. The topological polar surface area (TPSA) is 32.9 Å². The fraction of sp³-hybridized carbons (Fsp3) is 0.267. The molecule has 0 aliphatic heterocycles. The molecule has 0 saturated heterocycles. The summed E-state index contributed by atoms with van der Waals surface area (Å²) in [6, 6.07) is 7.83. The van der Waals surface area contributed by atoms with Crippen molar-refractivity contribution < 1.29 is 0 Å². The Labute approximate surface area is 108 Å². The molecule has 0 spiro atoms. The van der Waals surface area contributed by atoms with Gasteiger partial charge in [0, 0.05) is 10.9 Å². The monoisotopic (exact) mass is 255 g/mol. The summed E-state index contributed by atoms with van der Waals surface area (Å²) in [5.41, 5.74) is 5.62. The van der Waals surface area contributed by atoms with E-state index in [2.05, 4.69) is 36.1 Å². The Hall–Kier alpha value is -1.79. The molecule has 0 radical (unpaired) electrons. The Morgan fingerprint density at radius 3 is 2.50 bits per heavy atom. The first kappa shape index (κ1) is 12.7. The van der Waals surface area contributed by atoms with E-state index in [0.717, 1.165) is 16.5 Å². The van der Waals surface area contributed by atoms with Crippen molar-refractivity contribution in [1.29, 1.82) is 0 Å². The zero-order valence-corrected chi connectivity index (χ0v) is 12.2. The number of para-hydroxylation sites is 1. The molecule has 0 fully saturated rings. The SMILES string of the molecule is Cc1c(C#C[Si](C)(C)C)c(=O)[nH]c2ccccc12. The molecule has 0 aliphatic rings. The molecule has 1 N–H and O–H groups in total. The fourth-order valence-electron chi connectivity index (χ4n) is 1.81. The minimum atomic E-state index is -1.47. The minimum Gasteiger partial charge on any atom is -0.321 e. The first-order valence-corrected chi connectivity index (χ1v) is 9.53. The number of benzene rings is 1. The maximum atomic E-state index is 12.0. The van der Waals surface area contributed by atoms with E-state index in [4.69, 9.17) is 0 Å². The van der Waals surface area contributed by atoms with Crippen LogP contribution < -0.4 is 5.56 Å². The second kappa shape index (κ2) is 4.47. The number of aromatic amines is 1. The normalized spacial score (nSPS) is 11.1. The van der Waals surface area contributed by atoms with Crippen LogP contribution in [0.5, 0.6) is 0 Å². The lowest BCUT2D eigenvalue weighted by Crippen LogP contribution is -2.18. The highest BCUT2D eigenvalue weighted by Gasteiger charge is 2.10. The van der Waals surface area contributed by atoms with Gasteiger partial charge in [-0.25, -0.2) is 0 Å². The van der Waals surface area contributed by atoms with Gasteiger partial charge in [-0.1, -0.05) is 43.8 Å². The van der Waals surface area contributed by atoms with Gasteiger partial charge in [-0.2, -0.15) is 0 Å². The highest BCUT2D eigenvalue weighted by molar-refractivity contribution is 6.83. The third-order valence-corrected chi connectivity index (χ3v) is 3.62. The number of H-pyrrole nitrogens is 1. The average molecular weight is 255 g/mol. The number of fused-ring (bicyclic) bond motifs is 1. The molecule has 0 unspecified atom stereocenters. The quantitative estimate of drug-likeness (QED) is 0.569. The summed E-state index contributed by atoms with van der Waals surface area (Å²) in [5.74, 6) is 3.08. The van der Waals surface area contributed by atoms with E-state index >= 15 is 0 Å². The van der Waals surface area contributed by atoms with Gasteiger partial charge in [0.2, 0.25) is 0 Å². The number of nitrogens with one attached hydrogen (secondary N) is 1. The number of rotatable bonds is 0. The van der Waals surface area contributed by atoms with Crippen LogP contribution in [-0.4, -0.2) is 13.1 Å². The maximum absolute atomic E-state index is 12.0. The molecular weight excluding hydrogens is 238 g/mol. The summed E-state index contributed by atoms with van der Waals surface area (Å²) >= 11 is 0. The predicted octanol–water partition coefficient (Wildman–Crippen LogP) is 3.07. The van der Waals surface area contributed by atoms with Crippen LogP contribution >= 0.6 is 0 Å². The lowest BCUT2D eigenvalue weighted by Gasteiger charge is -2.06. The van der Waals surface area contributed by atoms with Crippen molar-refractivity contribution in [3.63, 3.8) is 0 Å². The van der Waals surface area contributed by atoms with Crippen LogP contribution in [0.4, 0.5) is 0 Å². The molecule has 0 bridgehead atoms. The van der Waals surface area contributed by atoms with E-state index in [1.807, 2.05) is 31.2 Å². The standard InChI is InChI=1S/C15H17NOSi/c1-11-12-7-5-6-8-14(12)16-15(17)13(11)9-10-18(2,3)4/h5-8H,1-4H3,(H,16,17). The summed E-state index contributed by atoms with van der Waals surface area (Å²) in [5, 5.41) is 1.07. The summed E-state index contributed by atoms with van der Waals surface area (Å²) in [6.07, 6.45) is 0. The molecule has 0 atom stereocenters. The molecule has 1 aromatic heterocycles. The summed E-state index contributed by atoms with van der Waals surface area (Å²) in [4.78, 5) is 14.9. The van der Waals surface area contributed by atoms with Crippen molar-refractivity contribution in [3.8, 4) is 11.5 Å². The largest absolute Gasteiger partial charge is 0.321 e. The lowest BCUT2D eigenvalue weighted by atomic mass is 10.1. The number of hydrogen-bond acceptors (Lipinski definition) is 1. The fourth-order valence-corrected chi connectivity index (χ4v) is 2.31. The Balaban J connectivity index is 2.72. The maximum Gasteiger partial charge on any atom is 0.264 e. The molecule has 2 rings (SSSR count). The smallest absolute Gasteiger partial charge is 0.264 e. The van der Waals surface area contributed by atoms with E-state index < -0.39 is 8.07 Å². The molecular formula is C15H17NOSi. The summed E-state index contributed by atoms with van der Waals surface area (Å²) in [7, 11) is -1.47. The van der Waals surface area contributed by atoms with Gasteiger partial charge in [0.25, 0.3) is 5.56 Å². The Morgan fingerprint density at radius 1 is 1.17 bits per heavy atom. The average Bonchev–Trinajstić information content (AvgIpc) is 2.27. The van der Waals surface area contributed by atoms with Gasteiger partial charge in [0.05, 0.1) is 5.56 Å². The molecule has 92 valence electrons. The predicted molar refractivity (Wildman–Crippen MR) is 79.5 cm³/mol. The molecule has 0 saturated carbocycles. The Kier molecular flexibility index (Phi) is 3.14.